The van der Waals surface area contributed by atoms with Crippen molar-refractivity contribution in [2.75, 3.05) is 14.2 Å². The molecule has 0 aromatic heterocycles. The van der Waals surface area contributed by atoms with E-state index in [1.54, 1.807) is 14.2 Å². The number of aryl methyl sites for hydroxylation is 1. The van der Waals surface area contributed by atoms with Gasteiger partial charge in [0.2, 0.25) is 0 Å². The molecule has 0 N–H and O–H groups in total. The van der Waals surface area contributed by atoms with Crippen molar-refractivity contribution in [1.29, 1.82) is 0 Å². The quantitative estimate of drug-likeness (QED) is 0.526. The standard InChI is InChI=1S/C13H18O2/c1-14-13(15-2)11-7-6-10-12-8-4-3-5-9-12/h3-5,7-9,11,13H,6,10H2,1-2H3/b11-7+. The van der Waals surface area contributed by atoms with Crippen LogP contribution in [-0.2, 0) is 15.9 Å². The van der Waals surface area contributed by atoms with Crippen molar-refractivity contribution < 1.29 is 9.47 Å². The Morgan fingerprint density at radius 2 is 1.80 bits per heavy atom. The first-order valence-corrected chi connectivity index (χ1v) is 5.13. The summed E-state index contributed by atoms with van der Waals surface area (Å²) >= 11 is 0. The Labute approximate surface area is 91.5 Å². The van der Waals surface area contributed by atoms with Gasteiger partial charge in [-0.2, -0.15) is 0 Å². The fourth-order valence-corrected chi connectivity index (χ4v) is 1.36. The van der Waals surface area contributed by atoms with Gasteiger partial charge in [0.15, 0.2) is 6.29 Å². The van der Waals surface area contributed by atoms with E-state index in [4.69, 9.17) is 9.47 Å². The van der Waals surface area contributed by atoms with Crippen molar-refractivity contribution in [3.8, 4) is 0 Å². The van der Waals surface area contributed by atoms with Crippen LogP contribution in [-0.4, -0.2) is 20.5 Å². The number of hydrogen-bond donors (Lipinski definition) is 0. The van der Waals surface area contributed by atoms with Gasteiger partial charge in [-0.25, -0.2) is 0 Å². The summed E-state index contributed by atoms with van der Waals surface area (Å²) in [6, 6.07) is 10.4. The zero-order valence-electron chi connectivity index (χ0n) is 9.35. The lowest BCUT2D eigenvalue weighted by atomic mass is 10.1. The molecule has 2 heteroatoms. The molecule has 1 aromatic rings. The summed E-state index contributed by atoms with van der Waals surface area (Å²) in [5.41, 5.74) is 1.36. The third-order valence-corrected chi connectivity index (χ3v) is 2.20. The second-order valence-corrected chi connectivity index (χ2v) is 3.29. The molecule has 0 saturated carbocycles. The van der Waals surface area contributed by atoms with E-state index in [2.05, 4.69) is 30.3 Å². The highest BCUT2D eigenvalue weighted by Gasteiger charge is 1.96. The number of rotatable bonds is 6. The maximum atomic E-state index is 5.04. The summed E-state index contributed by atoms with van der Waals surface area (Å²) in [4.78, 5) is 0. The zero-order chi connectivity index (χ0) is 10.9. The van der Waals surface area contributed by atoms with E-state index in [-0.39, 0.29) is 6.29 Å². The molecule has 0 aliphatic heterocycles. The molecule has 1 aromatic carbocycles. The number of benzene rings is 1. The third kappa shape index (κ3) is 4.77. The molecule has 0 amide bonds. The van der Waals surface area contributed by atoms with Gasteiger partial charge < -0.3 is 9.47 Å². The summed E-state index contributed by atoms with van der Waals surface area (Å²) in [5, 5.41) is 0. The first-order valence-electron chi connectivity index (χ1n) is 5.13. The van der Waals surface area contributed by atoms with Gasteiger partial charge in [-0.15, -0.1) is 0 Å². The number of allylic oxidation sites excluding steroid dienone is 1. The maximum Gasteiger partial charge on any atom is 0.176 e. The smallest absolute Gasteiger partial charge is 0.176 e. The van der Waals surface area contributed by atoms with E-state index >= 15 is 0 Å². The van der Waals surface area contributed by atoms with Crippen molar-refractivity contribution in [3.05, 3.63) is 48.0 Å². The van der Waals surface area contributed by atoms with Crippen molar-refractivity contribution >= 4 is 0 Å². The van der Waals surface area contributed by atoms with Gasteiger partial charge in [0, 0.05) is 14.2 Å². The van der Waals surface area contributed by atoms with Crippen molar-refractivity contribution in [2.24, 2.45) is 0 Å². The summed E-state index contributed by atoms with van der Waals surface area (Å²) in [6.45, 7) is 0. The molecule has 0 heterocycles. The van der Waals surface area contributed by atoms with Gasteiger partial charge in [0.05, 0.1) is 0 Å². The van der Waals surface area contributed by atoms with Crippen molar-refractivity contribution in [1.82, 2.24) is 0 Å². The first-order chi connectivity index (χ1) is 7.36. The van der Waals surface area contributed by atoms with Gasteiger partial charge in [0.25, 0.3) is 0 Å². The normalized spacial score (nSPS) is 11.4. The predicted octanol–water partition coefficient (Wildman–Crippen LogP) is 2.79. The van der Waals surface area contributed by atoms with Crippen LogP contribution < -0.4 is 0 Å². The molecular weight excluding hydrogens is 188 g/mol. The minimum absolute atomic E-state index is 0.222. The van der Waals surface area contributed by atoms with Crippen LogP contribution in [0.25, 0.3) is 0 Å². The highest BCUT2D eigenvalue weighted by atomic mass is 16.7. The lowest BCUT2D eigenvalue weighted by Gasteiger charge is -2.07. The van der Waals surface area contributed by atoms with E-state index in [0.717, 1.165) is 12.8 Å². The molecule has 0 fully saturated rings. The van der Waals surface area contributed by atoms with E-state index in [0.29, 0.717) is 0 Å². The van der Waals surface area contributed by atoms with Crippen LogP contribution in [0.1, 0.15) is 12.0 Å². The van der Waals surface area contributed by atoms with Crippen LogP contribution in [0.5, 0.6) is 0 Å². The first kappa shape index (κ1) is 12.0. The molecule has 2 nitrogen and oxygen atoms in total. The SMILES string of the molecule is COC(/C=C/CCc1ccccc1)OC. The van der Waals surface area contributed by atoms with Crippen LogP contribution in [0.3, 0.4) is 0 Å². The molecule has 15 heavy (non-hydrogen) atoms. The Morgan fingerprint density at radius 3 is 2.40 bits per heavy atom. The fraction of sp³-hybridized carbons (Fsp3) is 0.385. The maximum absolute atomic E-state index is 5.04. The van der Waals surface area contributed by atoms with Crippen LogP contribution >= 0.6 is 0 Å². The second-order valence-electron chi connectivity index (χ2n) is 3.29. The topological polar surface area (TPSA) is 18.5 Å². The van der Waals surface area contributed by atoms with Gasteiger partial charge in [-0.1, -0.05) is 36.4 Å². The average Bonchev–Trinajstić information content (AvgIpc) is 2.31. The highest BCUT2D eigenvalue weighted by molar-refractivity contribution is 5.15. The lowest BCUT2D eigenvalue weighted by molar-refractivity contribution is -0.0667. The molecule has 0 radical (unpaired) electrons. The second kappa shape index (κ2) is 7.21. The van der Waals surface area contributed by atoms with E-state index in [9.17, 15) is 0 Å². The van der Waals surface area contributed by atoms with Gasteiger partial charge in [-0.05, 0) is 24.5 Å². The summed E-state index contributed by atoms with van der Waals surface area (Å²) < 4.78 is 10.1. The molecular formula is C13H18O2. The van der Waals surface area contributed by atoms with Crippen LogP contribution in [0.15, 0.2) is 42.5 Å². The molecule has 0 aliphatic rings. The molecule has 0 unspecified atom stereocenters. The third-order valence-electron chi connectivity index (χ3n) is 2.20. The Morgan fingerprint density at radius 1 is 1.13 bits per heavy atom. The largest absolute Gasteiger partial charge is 0.352 e. The Hall–Kier alpha value is -1.12. The summed E-state index contributed by atoms with van der Waals surface area (Å²) in [7, 11) is 3.27. The van der Waals surface area contributed by atoms with E-state index < -0.39 is 0 Å². The van der Waals surface area contributed by atoms with Crippen LogP contribution in [0.2, 0.25) is 0 Å². The number of methoxy groups -OCH3 is 2. The highest BCUT2D eigenvalue weighted by Crippen LogP contribution is 2.03. The Kier molecular flexibility index (Phi) is 5.74. The van der Waals surface area contributed by atoms with Crippen molar-refractivity contribution in [3.63, 3.8) is 0 Å². The Balaban J connectivity index is 2.27. The van der Waals surface area contributed by atoms with Crippen molar-refractivity contribution in [2.45, 2.75) is 19.1 Å². The molecule has 1 rings (SSSR count). The lowest BCUT2D eigenvalue weighted by Crippen LogP contribution is -2.08. The van der Waals surface area contributed by atoms with E-state index in [1.807, 2.05) is 12.1 Å². The predicted molar refractivity (Wildman–Crippen MR) is 61.7 cm³/mol. The summed E-state index contributed by atoms with van der Waals surface area (Å²) in [6.07, 6.45) is 5.86. The minimum atomic E-state index is -0.222. The monoisotopic (exact) mass is 206 g/mol. The molecule has 82 valence electrons. The molecule has 0 saturated heterocycles. The number of hydrogen-bond acceptors (Lipinski definition) is 2. The fourth-order valence-electron chi connectivity index (χ4n) is 1.36. The molecule has 0 bridgehead atoms. The van der Waals surface area contributed by atoms with Crippen LogP contribution in [0, 0.1) is 0 Å². The molecule has 0 aliphatic carbocycles. The van der Waals surface area contributed by atoms with Gasteiger partial charge >= 0.3 is 0 Å². The molecule has 0 atom stereocenters. The van der Waals surface area contributed by atoms with Gasteiger partial charge in [-0.3, -0.25) is 0 Å². The van der Waals surface area contributed by atoms with Gasteiger partial charge in [0.1, 0.15) is 0 Å². The van der Waals surface area contributed by atoms with Crippen LogP contribution in [0.4, 0.5) is 0 Å². The number of ether oxygens (including phenoxy) is 2. The Bertz CT molecular complexity index is 276. The van der Waals surface area contributed by atoms with E-state index in [1.165, 1.54) is 5.56 Å². The summed E-state index contributed by atoms with van der Waals surface area (Å²) in [5.74, 6) is 0. The average molecular weight is 206 g/mol. The molecule has 0 spiro atoms. The minimum Gasteiger partial charge on any atom is -0.352 e. The zero-order valence-corrected chi connectivity index (χ0v) is 9.35.